The summed E-state index contributed by atoms with van der Waals surface area (Å²) in [6.07, 6.45) is 0. The number of hydrogen-bond donors (Lipinski definition) is 3. The van der Waals surface area contributed by atoms with Crippen molar-refractivity contribution in [3.63, 3.8) is 0 Å². The standard InChI is InChI=1S/C20H17Cl2N3/c1-2-23-19-5-3-4-14-15-10-12(7-9-18(15)25-20(14)19)24-13-6-8-16(21)17(22)11-13/h3-11,23-25H,2H2,1H3. The number of benzene rings is 3. The molecule has 0 saturated carbocycles. The first-order valence-corrected chi connectivity index (χ1v) is 8.91. The molecule has 0 unspecified atom stereocenters. The van der Waals surface area contributed by atoms with E-state index < -0.39 is 0 Å². The van der Waals surface area contributed by atoms with Gasteiger partial charge in [0.1, 0.15) is 0 Å². The van der Waals surface area contributed by atoms with Crippen molar-refractivity contribution in [3.05, 3.63) is 64.6 Å². The van der Waals surface area contributed by atoms with Crippen molar-refractivity contribution in [2.75, 3.05) is 17.2 Å². The summed E-state index contributed by atoms with van der Waals surface area (Å²) >= 11 is 12.1. The minimum Gasteiger partial charge on any atom is -0.384 e. The number of anilines is 3. The van der Waals surface area contributed by atoms with Gasteiger partial charge in [-0.3, -0.25) is 0 Å². The summed E-state index contributed by atoms with van der Waals surface area (Å²) in [6, 6.07) is 18.1. The molecule has 1 aromatic heterocycles. The molecule has 0 radical (unpaired) electrons. The first-order chi connectivity index (χ1) is 12.2. The number of aromatic nitrogens is 1. The second-order valence-electron chi connectivity index (χ2n) is 5.90. The molecule has 0 bridgehead atoms. The number of para-hydroxylation sites is 1. The molecule has 126 valence electrons. The van der Waals surface area contributed by atoms with E-state index in [1.54, 1.807) is 6.07 Å². The Hall–Kier alpha value is -2.36. The Kier molecular flexibility index (Phi) is 4.20. The van der Waals surface area contributed by atoms with Crippen LogP contribution in [-0.4, -0.2) is 11.5 Å². The second kappa shape index (κ2) is 6.51. The lowest BCUT2D eigenvalue weighted by Crippen LogP contribution is -1.96. The summed E-state index contributed by atoms with van der Waals surface area (Å²) in [5, 5.41) is 10.3. The minimum atomic E-state index is 0.537. The largest absolute Gasteiger partial charge is 0.384 e. The molecule has 0 spiro atoms. The van der Waals surface area contributed by atoms with E-state index >= 15 is 0 Å². The molecule has 1 heterocycles. The predicted molar refractivity (Wildman–Crippen MR) is 110 cm³/mol. The third kappa shape index (κ3) is 3.01. The molecule has 0 aliphatic carbocycles. The molecule has 0 atom stereocenters. The van der Waals surface area contributed by atoms with E-state index in [0.717, 1.165) is 34.6 Å². The summed E-state index contributed by atoms with van der Waals surface area (Å²) in [4.78, 5) is 3.51. The molecule has 3 nitrogen and oxygen atoms in total. The van der Waals surface area contributed by atoms with E-state index in [1.807, 2.05) is 18.2 Å². The molecule has 5 heteroatoms. The van der Waals surface area contributed by atoms with Gasteiger partial charge in [-0.1, -0.05) is 35.3 Å². The Morgan fingerprint density at radius 3 is 2.48 bits per heavy atom. The zero-order valence-corrected chi connectivity index (χ0v) is 15.2. The van der Waals surface area contributed by atoms with Gasteiger partial charge in [-0.15, -0.1) is 0 Å². The summed E-state index contributed by atoms with van der Waals surface area (Å²) in [5.41, 5.74) is 5.27. The molecule has 0 aliphatic rings. The lowest BCUT2D eigenvalue weighted by atomic mass is 10.1. The molecular formula is C20H17Cl2N3. The van der Waals surface area contributed by atoms with Crippen LogP contribution in [0.3, 0.4) is 0 Å². The average Bonchev–Trinajstić information content (AvgIpc) is 2.98. The topological polar surface area (TPSA) is 39.9 Å². The maximum Gasteiger partial charge on any atom is 0.0700 e. The summed E-state index contributed by atoms with van der Waals surface area (Å²) in [7, 11) is 0. The zero-order chi connectivity index (χ0) is 17.4. The average molecular weight is 370 g/mol. The second-order valence-corrected chi connectivity index (χ2v) is 6.71. The van der Waals surface area contributed by atoms with Gasteiger partial charge in [0.2, 0.25) is 0 Å². The maximum absolute atomic E-state index is 6.10. The molecule has 0 aliphatic heterocycles. The Morgan fingerprint density at radius 1 is 0.880 bits per heavy atom. The molecule has 0 amide bonds. The summed E-state index contributed by atoms with van der Waals surface area (Å²) in [5.74, 6) is 0. The van der Waals surface area contributed by atoms with Crippen molar-refractivity contribution < 1.29 is 0 Å². The number of rotatable bonds is 4. The van der Waals surface area contributed by atoms with Crippen molar-refractivity contribution in [2.45, 2.75) is 6.92 Å². The van der Waals surface area contributed by atoms with Crippen molar-refractivity contribution in [1.82, 2.24) is 4.98 Å². The van der Waals surface area contributed by atoms with E-state index in [1.165, 1.54) is 10.8 Å². The molecule has 0 fully saturated rings. The fourth-order valence-corrected chi connectivity index (χ4v) is 3.38. The fraction of sp³-hybridized carbons (Fsp3) is 0.100. The molecule has 3 N–H and O–H groups in total. The Balaban J connectivity index is 1.77. The van der Waals surface area contributed by atoms with E-state index in [0.29, 0.717) is 10.0 Å². The van der Waals surface area contributed by atoms with Gasteiger partial charge >= 0.3 is 0 Å². The van der Waals surface area contributed by atoms with Crippen LogP contribution >= 0.6 is 23.2 Å². The van der Waals surface area contributed by atoms with E-state index in [9.17, 15) is 0 Å². The van der Waals surface area contributed by atoms with Crippen LogP contribution in [0.5, 0.6) is 0 Å². The molecular weight excluding hydrogens is 353 g/mol. The van der Waals surface area contributed by atoms with Crippen molar-refractivity contribution in [3.8, 4) is 0 Å². The maximum atomic E-state index is 6.10. The lowest BCUT2D eigenvalue weighted by molar-refractivity contribution is 1.22. The highest BCUT2D eigenvalue weighted by atomic mass is 35.5. The Labute approximate surface area is 155 Å². The van der Waals surface area contributed by atoms with Gasteiger partial charge in [0.05, 0.1) is 21.2 Å². The van der Waals surface area contributed by atoms with Crippen LogP contribution in [0.1, 0.15) is 6.92 Å². The zero-order valence-electron chi connectivity index (χ0n) is 13.7. The lowest BCUT2D eigenvalue weighted by Gasteiger charge is -2.08. The molecule has 0 saturated heterocycles. The normalized spacial score (nSPS) is 11.2. The highest BCUT2D eigenvalue weighted by molar-refractivity contribution is 6.42. The quantitative estimate of drug-likeness (QED) is 0.370. The minimum absolute atomic E-state index is 0.537. The SMILES string of the molecule is CCNc1cccc2c1[nH]c1ccc(Nc3ccc(Cl)c(Cl)c3)cc12. The fourth-order valence-electron chi connectivity index (χ4n) is 3.08. The van der Waals surface area contributed by atoms with Crippen LogP contribution in [-0.2, 0) is 0 Å². The highest BCUT2D eigenvalue weighted by Gasteiger charge is 2.09. The van der Waals surface area contributed by atoms with Gasteiger partial charge in [0, 0.05) is 34.2 Å². The number of H-pyrrole nitrogens is 1. The van der Waals surface area contributed by atoms with Crippen molar-refractivity contribution in [2.24, 2.45) is 0 Å². The van der Waals surface area contributed by atoms with Gasteiger partial charge in [-0.2, -0.15) is 0 Å². The van der Waals surface area contributed by atoms with Gasteiger partial charge in [-0.25, -0.2) is 0 Å². The van der Waals surface area contributed by atoms with Crippen LogP contribution in [0.4, 0.5) is 17.1 Å². The van der Waals surface area contributed by atoms with Crippen LogP contribution in [0.2, 0.25) is 10.0 Å². The first kappa shape index (κ1) is 16.1. The highest BCUT2D eigenvalue weighted by Crippen LogP contribution is 2.33. The monoisotopic (exact) mass is 369 g/mol. The molecule has 4 aromatic rings. The van der Waals surface area contributed by atoms with Gasteiger partial charge in [-0.05, 0) is 49.4 Å². The van der Waals surface area contributed by atoms with Crippen LogP contribution in [0.15, 0.2) is 54.6 Å². The number of halogens is 2. The van der Waals surface area contributed by atoms with Gasteiger partial charge < -0.3 is 15.6 Å². The number of nitrogens with one attached hydrogen (secondary N) is 3. The molecule has 3 aromatic carbocycles. The third-order valence-electron chi connectivity index (χ3n) is 4.21. The summed E-state index contributed by atoms with van der Waals surface area (Å²) in [6.45, 7) is 2.99. The van der Waals surface area contributed by atoms with Crippen molar-refractivity contribution >= 4 is 62.1 Å². The number of fused-ring (bicyclic) bond motifs is 3. The van der Waals surface area contributed by atoms with Crippen LogP contribution in [0, 0.1) is 0 Å². The molecule has 25 heavy (non-hydrogen) atoms. The summed E-state index contributed by atoms with van der Waals surface area (Å²) < 4.78 is 0. The predicted octanol–water partition coefficient (Wildman–Crippen LogP) is 6.80. The number of hydrogen-bond acceptors (Lipinski definition) is 2. The smallest absolute Gasteiger partial charge is 0.0700 e. The Bertz CT molecular complexity index is 1070. The van der Waals surface area contributed by atoms with Gasteiger partial charge in [0.25, 0.3) is 0 Å². The van der Waals surface area contributed by atoms with E-state index in [4.69, 9.17) is 23.2 Å². The Morgan fingerprint density at radius 2 is 1.68 bits per heavy atom. The van der Waals surface area contributed by atoms with Crippen LogP contribution < -0.4 is 10.6 Å². The van der Waals surface area contributed by atoms with Gasteiger partial charge in [0.15, 0.2) is 0 Å². The van der Waals surface area contributed by atoms with E-state index in [-0.39, 0.29) is 0 Å². The van der Waals surface area contributed by atoms with Crippen molar-refractivity contribution in [1.29, 1.82) is 0 Å². The number of aromatic amines is 1. The molecule has 4 rings (SSSR count). The first-order valence-electron chi connectivity index (χ1n) is 8.16. The van der Waals surface area contributed by atoms with E-state index in [2.05, 4.69) is 52.9 Å². The third-order valence-corrected chi connectivity index (χ3v) is 4.95. The van der Waals surface area contributed by atoms with Crippen LogP contribution in [0.25, 0.3) is 21.8 Å².